The van der Waals surface area contributed by atoms with Gasteiger partial charge in [0.1, 0.15) is 16.5 Å². The molecule has 0 bridgehead atoms. The number of benzene rings is 1. The van der Waals surface area contributed by atoms with Gasteiger partial charge in [0, 0.05) is 5.56 Å². The topological polar surface area (TPSA) is 18.5 Å². The number of methoxy groups -OCH3 is 2. The average Bonchev–Trinajstić information content (AvgIpc) is 2.91. The van der Waals surface area contributed by atoms with Crippen LogP contribution in [0.15, 0.2) is 29.0 Å². The molecule has 2 nitrogen and oxygen atoms in total. The highest BCUT2D eigenvalue weighted by Crippen LogP contribution is 2.43. The number of thiophene rings is 1. The molecular weight excluding hydrogens is 291 g/mol. The van der Waals surface area contributed by atoms with Gasteiger partial charge >= 0.3 is 0 Å². The second-order valence-corrected chi connectivity index (χ2v) is 5.22. The molecule has 0 saturated carbocycles. The number of rotatable bonds is 4. The van der Waals surface area contributed by atoms with Crippen molar-refractivity contribution in [1.29, 1.82) is 0 Å². The van der Waals surface area contributed by atoms with Gasteiger partial charge in [0.05, 0.1) is 19.6 Å². The molecule has 1 heterocycles. The highest BCUT2D eigenvalue weighted by molar-refractivity contribution is 7.08. The Labute approximate surface area is 120 Å². The van der Waals surface area contributed by atoms with Gasteiger partial charge in [-0.15, -0.1) is 11.6 Å². The van der Waals surface area contributed by atoms with Crippen LogP contribution in [0.3, 0.4) is 0 Å². The highest BCUT2D eigenvalue weighted by Gasteiger charge is 2.20. The average molecular weight is 303 g/mol. The minimum absolute atomic E-state index is 0.283. The summed E-state index contributed by atoms with van der Waals surface area (Å²) in [5, 5.41) is 4.16. The monoisotopic (exact) mass is 302 g/mol. The summed E-state index contributed by atoms with van der Waals surface area (Å²) < 4.78 is 10.5. The number of hydrogen-bond acceptors (Lipinski definition) is 3. The summed E-state index contributed by atoms with van der Waals surface area (Å²) in [5.41, 5.74) is 1.87. The highest BCUT2D eigenvalue weighted by atomic mass is 35.5. The number of halogens is 2. The summed E-state index contributed by atoms with van der Waals surface area (Å²) in [5.74, 6) is 1.13. The van der Waals surface area contributed by atoms with Crippen molar-refractivity contribution in [1.82, 2.24) is 0 Å². The fourth-order valence-corrected chi connectivity index (χ4v) is 3.11. The Balaban J connectivity index is 2.48. The van der Waals surface area contributed by atoms with Crippen molar-refractivity contribution >= 4 is 34.5 Å². The molecule has 0 radical (unpaired) electrons. The van der Waals surface area contributed by atoms with Crippen LogP contribution in [-0.4, -0.2) is 14.2 Å². The van der Waals surface area contributed by atoms with E-state index in [1.54, 1.807) is 31.6 Å². The first-order valence-corrected chi connectivity index (χ1v) is 7.01. The lowest BCUT2D eigenvalue weighted by Crippen LogP contribution is -1.98. The van der Waals surface area contributed by atoms with Crippen LogP contribution < -0.4 is 9.47 Å². The SMILES string of the molecule is COc1ccc(C(Cl)c2ccsc2)c(OC)c1Cl. The van der Waals surface area contributed by atoms with Crippen LogP contribution in [0.1, 0.15) is 16.5 Å². The van der Waals surface area contributed by atoms with Crippen molar-refractivity contribution in [3.8, 4) is 11.5 Å². The van der Waals surface area contributed by atoms with Crippen molar-refractivity contribution in [2.24, 2.45) is 0 Å². The molecular formula is C13H12Cl2O2S. The Morgan fingerprint density at radius 2 is 1.94 bits per heavy atom. The van der Waals surface area contributed by atoms with Crippen LogP contribution in [-0.2, 0) is 0 Å². The maximum atomic E-state index is 6.45. The summed E-state index contributed by atoms with van der Waals surface area (Å²) in [6, 6.07) is 5.65. The molecule has 0 amide bonds. The van der Waals surface area contributed by atoms with Crippen molar-refractivity contribution in [3.63, 3.8) is 0 Å². The Bertz CT molecular complexity index is 526. The summed E-state index contributed by atoms with van der Waals surface area (Å²) in [7, 11) is 3.14. The summed E-state index contributed by atoms with van der Waals surface area (Å²) in [6.07, 6.45) is 0. The first kappa shape index (κ1) is 13.5. The van der Waals surface area contributed by atoms with Crippen LogP contribution >= 0.6 is 34.5 Å². The van der Waals surface area contributed by atoms with Crippen molar-refractivity contribution in [2.45, 2.75) is 5.38 Å². The normalized spacial score (nSPS) is 12.2. The predicted molar refractivity (Wildman–Crippen MR) is 76.6 cm³/mol. The zero-order valence-corrected chi connectivity index (χ0v) is 12.3. The van der Waals surface area contributed by atoms with Gasteiger partial charge in [0.2, 0.25) is 0 Å². The zero-order valence-electron chi connectivity index (χ0n) is 9.94. The minimum Gasteiger partial charge on any atom is -0.495 e. The third-order valence-electron chi connectivity index (χ3n) is 2.63. The molecule has 0 aliphatic rings. The molecule has 0 aliphatic heterocycles. The molecule has 0 fully saturated rings. The first-order valence-electron chi connectivity index (χ1n) is 5.25. The molecule has 0 aliphatic carbocycles. The van der Waals surface area contributed by atoms with Gasteiger partial charge in [-0.1, -0.05) is 11.6 Å². The Morgan fingerprint density at radius 3 is 2.50 bits per heavy atom. The van der Waals surface area contributed by atoms with Crippen LogP contribution in [0, 0.1) is 0 Å². The standard InChI is InChI=1S/C13H12Cl2O2S/c1-16-10-4-3-9(13(17-2)12(10)15)11(14)8-5-6-18-7-8/h3-7,11H,1-2H3. The van der Waals surface area contributed by atoms with E-state index in [0.717, 1.165) is 11.1 Å². The van der Waals surface area contributed by atoms with Crippen LogP contribution in [0.25, 0.3) is 0 Å². The van der Waals surface area contributed by atoms with Gasteiger partial charge in [0.25, 0.3) is 0 Å². The number of hydrogen-bond donors (Lipinski definition) is 0. The molecule has 18 heavy (non-hydrogen) atoms. The van der Waals surface area contributed by atoms with Gasteiger partial charge < -0.3 is 9.47 Å². The van der Waals surface area contributed by atoms with Crippen LogP contribution in [0.5, 0.6) is 11.5 Å². The Morgan fingerprint density at radius 1 is 1.17 bits per heavy atom. The molecule has 2 rings (SSSR count). The summed E-state index contributed by atoms with van der Waals surface area (Å²) in [6.45, 7) is 0. The van der Waals surface area contributed by atoms with Crippen molar-refractivity contribution < 1.29 is 9.47 Å². The van der Waals surface area contributed by atoms with Crippen molar-refractivity contribution in [3.05, 3.63) is 45.1 Å². The van der Waals surface area contributed by atoms with Gasteiger partial charge in [-0.3, -0.25) is 0 Å². The van der Waals surface area contributed by atoms with E-state index in [2.05, 4.69) is 0 Å². The van der Waals surface area contributed by atoms with Crippen LogP contribution in [0.2, 0.25) is 5.02 Å². The largest absolute Gasteiger partial charge is 0.495 e. The number of ether oxygens (including phenoxy) is 2. The minimum atomic E-state index is -0.283. The molecule has 1 unspecified atom stereocenters. The molecule has 96 valence electrons. The molecule has 0 saturated heterocycles. The molecule has 0 spiro atoms. The Kier molecular flexibility index (Phi) is 4.38. The predicted octanol–water partition coefficient (Wildman–Crippen LogP) is 4.75. The van der Waals surface area contributed by atoms with Gasteiger partial charge in [-0.05, 0) is 34.5 Å². The van der Waals surface area contributed by atoms with Gasteiger partial charge in [0.15, 0.2) is 0 Å². The van der Waals surface area contributed by atoms with E-state index >= 15 is 0 Å². The molecule has 0 N–H and O–H groups in total. The first-order chi connectivity index (χ1) is 8.69. The van der Waals surface area contributed by atoms with Gasteiger partial charge in [-0.25, -0.2) is 0 Å². The van der Waals surface area contributed by atoms with E-state index in [9.17, 15) is 0 Å². The number of alkyl halides is 1. The molecule has 1 aromatic heterocycles. The van der Waals surface area contributed by atoms with Crippen molar-refractivity contribution in [2.75, 3.05) is 14.2 Å². The van der Waals surface area contributed by atoms with E-state index in [-0.39, 0.29) is 5.38 Å². The smallest absolute Gasteiger partial charge is 0.146 e. The van der Waals surface area contributed by atoms with E-state index < -0.39 is 0 Å². The quantitative estimate of drug-likeness (QED) is 0.759. The molecule has 1 atom stereocenters. The lowest BCUT2D eigenvalue weighted by Gasteiger charge is -2.16. The lowest BCUT2D eigenvalue weighted by molar-refractivity contribution is 0.392. The summed E-state index contributed by atoms with van der Waals surface area (Å²) >= 11 is 14.3. The maximum Gasteiger partial charge on any atom is 0.146 e. The Hall–Kier alpha value is -0.900. The third kappa shape index (κ3) is 2.44. The van der Waals surface area contributed by atoms with E-state index in [4.69, 9.17) is 32.7 Å². The second kappa shape index (κ2) is 5.83. The summed E-state index contributed by atoms with van der Waals surface area (Å²) in [4.78, 5) is 0. The third-order valence-corrected chi connectivity index (χ3v) is 4.17. The fourth-order valence-electron chi connectivity index (χ4n) is 1.72. The van der Waals surface area contributed by atoms with E-state index in [1.807, 2.05) is 22.9 Å². The fraction of sp³-hybridized carbons (Fsp3) is 0.231. The maximum absolute atomic E-state index is 6.45. The van der Waals surface area contributed by atoms with E-state index in [1.165, 1.54) is 0 Å². The van der Waals surface area contributed by atoms with Crippen LogP contribution in [0.4, 0.5) is 0 Å². The zero-order chi connectivity index (χ0) is 13.1. The van der Waals surface area contributed by atoms with E-state index in [0.29, 0.717) is 16.5 Å². The van der Waals surface area contributed by atoms with Gasteiger partial charge in [-0.2, -0.15) is 11.3 Å². The second-order valence-electron chi connectivity index (χ2n) is 3.62. The molecule has 1 aromatic carbocycles. The lowest BCUT2D eigenvalue weighted by atomic mass is 10.1. The molecule has 2 aromatic rings. The molecule has 5 heteroatoms.